The Bertz CT molecular complexity index is 287. The lowest BCUT2D eigenvalue weighted by atomic mass is 10.0. The summed E-state index contributed by atoms with van der Waals surface area (Å²) in [6.07, 6.45) is 4.03. The minimum Gasteiger partial charge on any atom is -0.481 e. The largest absolute Gasteiger partial charge is 0.481 e. The van der Waals surface area contributed by atoms with Crippen LogP contribution in [0.3, 0.4) is 0 Å². The van der Waals surface area contributed by atoms with Crippen LogP contribution in [0.5, 0.6) is 0 Å². The summed E-state index contributed by atoms with van der Waals surface area (Å²) in [5, 5.41) is 14.1. The average molecular weight is 242 g/mol. The molecule has 0 aromatic carbocycles. The van der Waals surface area contributed by atoms with Gasteiger partial charge in [-0.3, -0.25) is 4.79 Å². The van der Waals surface area contributed by atoms with Crippen molar-refractivity contribution in [1.82, 2.24) is 10.6 Å². The molecule has 5 heteroatoms. The maximum atomic E-state index is 11.5. The third-order valence-electron chi connectivity index (χ3n) is 3.50. The van der Waals surface area contributed by atoms with E-state index in [2.05, 4.69) is 17.6 Å². The van der Waals surface area contributed by atoms with Gasteiger partial charge in [0.05, 0.1) is 0 Å². The third kappa shape index (κ3) is 5.06. The zero-order chi connectivity index (χ0) is 12.9. The Morgan fingerprint density at radius 2 is 2.06 bits per heavy atom. The summed E-state index contributed by atoms with van der Waals surface area (Å²) in [6, 6.07) is -0.300. The number of carboxylic acids is 1. The Labute approximate surface area is 102 Å². The molecule has 0 saturated heterocycles. The number of nitrogens with one attached hydrogen (secondary N) is 2. The Balaban J connectivity index is 2.13. The van der Waals surface area contributed by atoms with Crippen LogP contribution in [-0.2, 0) is 4.79 Å². The van der Waals surface area contributed by atoms with Gasteiger partial charge in [-0.2, -0.15) is 0 Å². The Morgan fingerprint density at radius 1 is 1.41 bits per heavy atom. The molecular formula is C12H22N2O3. The summed E-state index contributed by atoms with van der Waals surface area (Å²) in [7, 11) is 0. The molecular weight excluding hydrogens is 220 g/mol. The maximum Gasteiger partial charge on any atom is 0.315 e. The van der Waals surface area contributed by atoms with Gasteiger partial charge in [0.15, 0.2) is 0 Å². The molecule has 0 aromatic rings. The monoisotopic (exact) mass is 242 g/mol. The Hall–Kier alpha value is -1.26. The molecule has 0 bridgehead atoms. The lowest BCUT2D eigenvalue weighted by molar-refractivity contribution is -0.137. The summed E-state index contributed by atoms with van der Waals surface area (Å²) in [4.78, 5) is 21.9. The van der Waals surface area contributed by atoms with Gasteiger partial charge in [0.1, 0.15) is 0 Å². The van der Waals surface area contributed by atoms with E-state index in [0.717, 1.165) is 13.0 Å². The van der Waals surface area contributed by atoms with Crippen molar-refractivity contribution in [2.75, 3.05) is 6.54 Å². The van der Waals surface area contributed by atoms with Crippen LogP contribution in [-0.4, -0.2) is 29.7 Å². The summed E-state index contributed by atoms with van der Waals surface area (Å²) in [5.74, 6) is -0.832. The maximum absolute atomic E-state index is 11.5. The van der Waals surface area contributed by atoms with Crippen molar-refractivity contribution < 1.29 is 14.7 Å². The first-order valence-electron chi connectivity index (χ1n) is 6.23. The predicted molar refractivity (Wildman–Crippen MR) is 64.8 cm³/mol. The van der Waals surface area contributed by atoms with Crippen molar-refractivity contribution in [3.8, 4) is 0 Å². The second kappa shape index (κ2) is 5.89. The molecule has 1 fully saturated rings. The van der Waals surface area contributed by atoms with Crippen LogP contribution in [0, 0.1) is 5.41 Å². The normalized spacial score (nSPS) is 18.2. The summed E-state index contributed by atoms with van der Waals surface area (Å²) in [5.41, 5.74) is 0.335. The smallest absolute Gasteiger partial charge is 0.315 e. The van der Waals surface area contributed by atoms with E-state index in [9.17, 15) is 9.59 Å². The quantitative estimate of drug-likeness (QED) is 0.636. The van der Waals surface area contributed by atoms with Gasteiger partial charge in [-0.05, 0) is 38.0 Å². The number of amides is 2. The molecule has 0 spiro atoms. The molecule has 3 N–H and O–H groups in total. The van der Waals surface area contributed by atoms with Gasteiger partial charge in [0.25, 0.3) is 0 Å². The Morgan fingerprint density at radius 3 is 2.53 bits per heavy atom. The van der Waals surface area contributed by atoms with E-state index in [1.54, 1.807) is 0 Å². The molecule has 1 aliphatic carbocycles. The van der Waals surface area contributed by atoms with Gasteiger partial charge in [-0.15, -0.1) is 0 Å². The molecule has 1 unspecified atom stereocenters. The van der Waals surface area contributed by atoms with E-state index in [1.807, 2.05) is 6.92 Å². The SMILES string of the molecule is CCC1(CNC(=O)NC(C)CCC(=O)O)CC1. The predicted octanol–water partition coefficient (Wildman–Crippen LogP) is 1.73. The van der Waals surface area contributed by atoms with Crippen molar-refractivity contribution in [1.29, 1.82) is 0 Å². The van der Waals surface area contributed by atoms with E-state index >= 15 is 0 Å². The number of carboxylic acid groups (broad SMARTS) is 1. The number of rotatable bonds is 7. The van der Waals surface area contributed by atoms with Crippen LogP contribution < -0.4 is 10.6 Å². The average Bonchev–Trinajstić information content (AvgIpc) is 3.04. The van der Waals surface area contributed by atoms with E-state index < -0.39 is 5.97 Å². The molecule has 0 radical (unpaired) electrons. The number of hydrogen-bond donors (Lipinski definition) is 3. The molecule has 5 nitrogen and oxygen atoms in total. The molecule has 0 heterocycles. The number of urea groups is 1. The highest BCUT2D eigenvalue weighted by molar-refractivity contribution is 5.74. The molecule has 1 saturated carbocycles. The van der Waals surface area contributed by atoms with E-state index in [4.69, 9.17) is 5.11 Å². The molecule has 17 heavy (non-hydrogen) atoms. The molecule has 1 aliphatic rings. The van der Waals surface area contributed by atoms with Gasteiger partial charge in [-0.25, -0.2) is 4.79 Å². The number of carbonyl (C=O) groups is 2. The van der Waals surface area contributed by atoms with Crippen molar-refractivity contribution in [3.05, 3.63) is 0 Å². The second-order valence-corrected chi connectivity index (χ2v) is 5.01. The lowest BCUT2D eigenvalue weighted by Gasteiger charge is -2.17. The fourth-order valence-corrected chi connectivity index (χ4v) is 1.79. The minimum absolute atomic E-state index is 0.0837. The van der Waals surface area contributed by atoms with Crippen LogP contribution in [0.15, 0.2) is 0 Å². The highest BCUT2D eigenvalue weighted by Gasteiger charge is 2.40. The fourth-order valence-electron chi connectivity index (χ4n) is 1.79. The third-order valence-corrected chi connectivity index (χ3v) is 3.50. The first-order chi connectivity index (χ1) is 7.97. The van der Waals surface area contributed by atoms with E-state index in [0.29, 0.717) is 11.8 Å². The minimum atomic E-state index is -0.832. The van der Waals surface area contributed by atoms with Gasteiger partial charge < -0.3 is 15.7 Å². The molecule has 0 aromatic heterocycles. The van der Waals surface area contributed by atoms with Crippen LogP contribution >= 0.6 is 0 Å². The molecule has 1 rings (SSSR count). The number of carbonyl (C=O) groups excluding carboxylic acids is 1. The van der Waals surface area contributed by atoms with Crippen molar-refractivity contribution in [2.45, 2.75) is 52.0 Å². The highest BCUT2D eigenvalue weighted by Crippen LogP contribution is 2.47. The van der Waals surface area contributed by atoms with Gasteiger partial charge in [0, 0.05) is 19.0 Å². The molecule has 1 atom stereocenters. The van der Waals surface area contributed by atoms with E-state index in [-0.39, 0.29) is 18.5 Å². The van der Waals surface area contributed by atoms with Gasteiger partial charge in [0.2, 0.25) is 0 Å². The van der Waals surface area contributed by atoms with Crippen LogP contribution in [0.4, 0.5) is 4.79 Å². The van der Waals surface area contributed by atoms with Crippen LogP contribution in [0.25, 0.3) is 0 Å². The van der Waals surface area contributed by atoms with Crippen LogP contribution in [0.2, 0.25) is 0 Å². The zero-order valence-electron chi connectivity index (χ0n) is 10.6. The summed E-state index contributed by atoms with van der Waals surface area (Å²) in [6.45, 7) is 4.68. The number of aliphatic carboxylic acids is 1. The van der Waals surface area contributed by atoms with Crippen molar-refractivity contribution >= 4 is 12.0 Å². The van der Waals surface area contributed by atoms with Gasteiger partial charge >= 0.3 is 12.0 Å². The van der Waals surface area contributed by atoms with Gasteiger partial charge in [-0.1, -0.05) is 6.92 Å². The zero-order valence-corrected chi connectivity index (χ0v) is 10.6. The number of hydrogen-bond acceptors (Lipinski definition) is 2. The first kappa shape index (κ1) is 13.8. The lowest BCUT2D eigenvalue weighted by Crippen LogP contribution is -2.43. The molecule has 0 aliphatic heterocycles. The van der Waals surface area contributed by atoms with Crippen LogP contribution in [0.1, 0.15) is 46.0 Å². The first-order valence-corrected chi connectivity index (χ1v) is 6.23. The molecule has 2 amide bonds. The second-order valence-electron chi connectivity index (χ2n) is 5.01. The van der Waals surface area contributed by atoms with Crippen molar-refractivity contribution in [3.63, 3.8) is 0 Å². The Kier molecular flexibility index (Phi) is 4.78. The summed E-state index contributed by atoms with van der Waals surface area (Å²) >= 11 is 0. The fraction of sp³-hybridized carbons (Fsp3) is 0.833. The standard InChI is InChI=1S/C12H22N2O3/c1-3-12(6-7-12)8-13-11(17)14-9(2)4-5-10(15)16/h9H,3-8H2,1-2H3,(H,15,16)(H2,13,14,17). The van der Waals surface area contributed by atoms with E-state index in [1.165, 1.54) is 12.8 Å². The van der Waals surface area contributed by atoms with Crippen molar-refractivity contribution in [2.24, 2.45) is 5.41 Å². The highest BCUT2D eigenvalue weighted by atomic mass is 16.4. The summed E-state index contributed by atoms with van der Waals surface area (Å²) < 4.78 is 0. The topological polar surface area (TPSA) is 78.4 Å². The molecule has 98 valence electrons.